The van der Waals surface area contributed by atoms with Crippen LogP contribution in [0.5, 0.6) is 0 Å². The van der Waals surface area contributed by atoms with Crippen LogP contribution in [0.25, 0.3) is 0 Å². The molecule has 96 valence electrons. The molecule has 0 saturated carbocycles. The quantitative estimate of drug-likeness (QED) is 0.762. The highest BCUT2D eigenvalue weighted by Gasteiger charge is 2.08. The van der Waals surface area contributed by atoms with Gasteiger partial charge in [0.15, 0.2) is 0 Å². The summed E-state index contributed by atoms with van der Waals surface area (Å²) in [4.78, 5) is 0. The topological polar surface area (TPSA) is 41.5 Å². The summed E-state index contributed by atoms with van der Waals surface area (Å²) in [5.74, 6) is 0. The molecule has 17 heavy (non-hydrogen) atoms. The van der Waals surface area contributed by atoms with E-state index in [2.05, 4.69) is 43.4 Å². The molecule has 3 nitrogen and oxygen atoms in total. The van der Waals surface area contributed by atoms with Gasteiger partial charge in [0.1, 0.15) is 0 Å². The summed E-state index contributed by atoms with van der Waals surface area (Å²) in [5, 5.41) is 12.9. The van der Waals surface area contributed by atoms with Gasteiger partial charge in [-0.3, -0.25) is 0 Å². The van der Waals surface area contributed by atoms with Gasteiger partial charge in [0.2, 0.25) is 0 Å². The third-order valence-corrected chi connectivity index (χ3v) is 2.75. The van der Waals surface area contributed by atoms with Crippen molar-refractivity contribution in [2.75, 3.05) is 19.8 Å². The highest BCUT2D eigenvalue weighted by molar-refractivity contribution is 5.23. The summed E-state index contributed by atoms with van der Waals surface area (Å²) in [6.45, 7) is 7.69. The van der Waals surface area contributed by atoms with E-state index in [1.165, 1.54) is 11.1 Å². The molecule has 1 unspecified atom stereocenters. The Labute approximate surface area is 104 Å². The number of ether oxygens (including phenoxy) is 1. The predicted octanol–water partition coefficient (Wildman–Crippen LogP) is 2.04. The van der Waals surface area contributed by atoms with Gasteiger partial charge in [0.25, 0.3) is 0 Å². The molecule has 0 aliphatic carbocycles. The zero-order valence-electron chi connectivity index (χ0n) is 10.9. The Bertz CT molecular complexity index is 311. The van der Waals surface area contributed by atoms with E-state index in [1.54, 1.807) is 0 Å². The van der Waals surface area contributed by atoms with Crippen LogP contribution < -0.4 is 5.32 Å². The molecule has 0 spiro atoms. The molecule has 0 aromatic heterocycles. The molecule has 0 aliphatic rings. The van der Waals surface area contributed by atoms with Crippen molar-refractivity contribution >= 4 is 0 Å². The fourth-order valence-corrected chi connectivity index (χ4v) is 1.60. The van der Waals surface area contributed by atoms with Crippen LogP contribution in [0.3, 0.4) is 0 Å². The molecule has 1 aromatic carbocycles. The third kappa shape index (κ3) is 5.31. The van der Waals surface area contributed by atoms with Gasteiger partial charge in [-0.1, -0.05) is 29.8 Å². The van der Waals surface area contributed by atoms with Crippen LogP contribution >= 0.6 is 0 Å². The van der Waals surface area contributed by atoms with E-state index in [4.69, 9.17) is 4.74 Å². The van der Waals surface area contributed by atoms with Crippen LogP contribution in [0.15, 0.2) is 24.3 Å². The molecule has 2 atom stereocenters. The minimum atomic E-state index is -0.442. The van der Waals surface area contributed by atoms with E-state index in [1.807, 2.05) is 6.92 Å². The first-order chi connectivity index (χ1) is 8.13. The average Bonchev–Trinajstić information content (AvgIpc) is 2.34. The van der Waals surface area contributed by atoms with Crippen molar-refractivity contribution in [3.8, 4) is 0 Å². The van der Waals surface area contributed by atoms with Crippen molar-refractivity contribution in [2.45, 2.75) is 32.9 Å². The maximum Gasteiger partial charge on any atom is 0.0897 e. The van der Waals surface area contributed by atoms with Crippen LogP contribution in [0.1, 0.15) is 31.0 Å². The fourth-order valence-electron chi connectivity index (χ4n) is 1.60. The highest BCUT2D eigenvalue weighted by atomic mass is 16.5. The van der Waals surface area contributed by atoms with E-state index >= 15 is 0 Å². The number of aryl methyl sites for hydroxylation is 1. The molecule has 0 radical (unpaired) electrons. The Kier molecular flexibility index (Phi) is 6.19. The van der Waals surface area contributed by atoms with E-state index in [0.29, 0.717) is 19.8 Å². The lowest BCUT2D eigenvalue weighted by molar-refractivity contribution is 0.0416. The average molecular weight is 237 g/mol. The number of nitrogens with one attached hydrogen (secondary N) is 1. The van der Waals surface area contributed by atoms with Crippen molar-refractivity contribution in [3.63, 3.8) is 0 Å². The number of hydrogen-bond acceptors (Lipinski definition) is 3. The summed E-state index contributed by atoms with van der Waals surface area (Å²) < 4.78 is 5.16. The van der Waals surface area contributed by atoms with Crippen LogP contribution in [0.2, 0.25) is 0 Å². The first-order valence-corrected chi connectivity index (χ1v) is 6.19. The second-order valence-corrected chi connectivity index (χ2v) is 4.35. The number of benzene rings is 1. The number of hydrogen-bond donors (Lipinski definition) is 2. The molecule has 1 rings (SSSR count). The van der Waals surface area contributed by atoms with Crippen molar-refractivity contribution in [1.29, 1.82) is 0 Å². The molecule has 3 heteroatoms. The summed E-state index contributed by atoms with van der Waals surface area (Å²) in [5.41, 5.74) is 2.50. The Morgan fingerprint density at radius 2 is 1.94 bits per heavy atom. The Balaban J connectivity index is 2.34. The van der Waals surface area contributed by atoms with Gasteiger partial charge < -0.3 is 15.2 Å². The SMILES string of the molecule is CCOCC(O)CN[C@H](C)c1ccc(C)cc1. The van der Waals surface area contributed by atoms with E-state index in [9.17, 15) is 5.11 Å². The van der Waals surface area contributed by atoms with E-state index < -0.39 is 6.10 Å². The molecule has 2 N–H and O–H groups in total. The Morgan fingerprint density at radius 1 is 1.29 bits per heavy atom. The molecular weight excluding hydrogens is 214 g/mol. The zero-order valence-corrected chi connectivity index (χ0v) is 10.9. The lowest BCUT2D eigenvalue weighted by Gasteiger charge is -2.17. The highest BCUT2D eigenvalue weighted by Crippen LogP contribution is 2.12. The molecule has 0 saturated heterocycles. The number of aliphatic hydroxyl groups is 1. The van der Waals surface area contributed by atoms with E-state index in [-0.39, 0.29) is 6.04 Å². The predicted molar refractivity (Wildman–Crippen MR) is 70.1 cm³/mol. The molecule has 0 amide bonds. The Hall–Kier alpha value is -0.900. The van der Waals surface area contributed by atoms with Gasteiger partial charge in [-0.05, 0) is 26.3 Å². The van der Waals surface area contributed by atoms with Crippen molar-refractivity contribution in [3.05, 3.63) is 35.4 Å². The van der Waals surface area contributed by atoms with Crippen LogP contribution in [-0.2, 0) is 4.74 Å². The zero-order chi connectivity index (χ0) is 12.7. The third-order valence-electron chi connectivity index (χ3n) is 2.75. The maximum atomic E-state index is 9.63. The van der Waals surface area contributed by atoms with Gasteiger partial charge in [0, 0.05) is 19.2 Å². The van der Waals surface area contributed by atoms with E-state index in [0.717, 1.165) is 0 Å². The minimum absolute atomic E-state index is 0.242. The molecule has 0 aliphatic heterocycles. The lowest BCUT2D eigenvalue weighted by Crippen LogP contribution is -2.32. The molecular formula is C14H23NO2. The molecule has 0 heterocycles. The van der Waals surface area contributed by atoms with Crippen LogP contribution in [0.4, 0.5) is 0 Å². The normalized spacial score (nSPS) is 14.6. The number of rotatable bonds is 7. The second-order valence-electron chi connectivity index (χ2n) is 4.35. The monoisotopic (exact) mass is 237 g/mol. The minimum Gasteiger partial charge on any atom is -0.389 e. The maximum absolute atomic E-state index is 9.63. The Morgan fingerprint density at radius 3 is 2.53 bits per heavy atom. The van der Waals surface area contributed by atoms with Gasteiger partial charge >= 0.3 is 0 Å². The van der Waals surface area contributed by atoms with Crippen molar-refractivity contribution < 1.29 is 9.84 Å². The smallest absolute Gasteiger partial charge is 0.0897 e. The summed E-state index contributed by atoms with van der Waals surface area (Å²) in [6.07, 6.45) is -0.442. The molecule has 0 fully saturated rings. The first-order valence-electron chi connectivity index (χ1n) is 6.19. The van der Waals surface area contributed by atoms with Crippen molar-refractivity contribution in [1.82, 2.24) is 5.32 Å². The van der Waals surface area contributed by atoms with Crippen molar-refractivity contribution in [2.24, 2.45) is 0 Å². The molecule has 1 aromatic rings. The van der Waals surface area contributed by atoms with Gasteiger partial charge in [0.05, 0.1) is 12.7 Å². The van der Waals surface area contributed by atoms with Gasteiger partial charge in [-0.15, -0.1) is 0 Å². The van der Waals surface area contributed by atoms with Crippen LogP contribution in [0, 0.1) is 6.92 Å². The fraction of sp³-hybridized carbons (Fsp3) is 0.571. The number of aliphatic hydroxyl groups excluding tert-OH is 1. The summed E-state index contributed by atoms with van der Waals surface area (Å²) in [6, 6.07) is 8.67. The van der Waals surface area contributed by atoms with Gasteiger partial charge in [-0.2, -0.15) is 0 Å². The summed E-state index contributed by atoms with van der Waals surface area (Å²) >= 11 is 0. The van der Waals surface area contributed by atoms with Gasteiger partial charge in [-0.25, -0.2) is 0 Å². The molecule has 0 bridgehead atoms. The largest absolute Gasteiger partial charge is 0.389 e. The van der Waals surface area contributed by atoms with Crippen LogP contribution in [-0.4, -0.2) is 31.0 Å². The summed E-state index contributed by atoms with van der Waals surface area (Å²) in [7, 11) is 0. The second kappa shape index (κ2) is 7.43. The standard InChI is InChI=1S/C14H23NO2/c1-4-17-10-14(16)9-15-12(3)13-7-5-11(2)6-8-13/h5-8,12,14-16H,4,9-10H2,1-3H3/t12-,14?/m1/s1. The first kappa shape index (κ1) is 14.2. The lowest BCUT2D eigenvalue weighted by atomic mass is 10.1.